The third-order valence-electron chi connectivity index (χ3n) is 2.20. The van der Waals surface area contributed by atoms with Gasteiger partial charge in [-0.3, -0.25) is 0 Å². The molecule has 3 atom stereocenters. The second-order valence-electron chi connectivity index (χ2n) is 4.74. The van der Waals surface area contributed by atoms with E-state index in [1.165, 1.54) is 0 Å². The second-order valence-corrected chi connectivity index (χ2v) is 4.74. The Balaban J connectivity index is 0.00000144. The van der Waals surface area contributed by atoms with Gasteiger partial charge in [0.1, 0.15) is 12.6 Å². The molecular weight excluding hydrogens is 281 g/mol. The van der Waals surface area contributed by atoms with E-state index in [0.717, 1.165) is 17.4 Å². The van der Waals surface area contributed by atoms with Gasteiger partial charge in [0.25, 0.3) is 0 Å². The Labute approximate surface area is 97.7 Å². The van der Waals surface area contributed by atoms with Crippen molar-refractivity contribution >= 4 is 0 Å². The maximum absolute atomic E-state index is 9.43. The first-order chi connectivity index (χ1) is 5.38. The highest BCUT2D eigenvalue weighted by Crippen LogP contribution is 2.21. The Hall–Kier alpha value is 0.610. The summed E-state index contributed by atoms with van der Waals surface area (Å²) >= 11 is 0. The molecule has 0 saturated carbocycles. The number of quaternary nitrogens is 1. The Morgan fingerprint density at radius 3 is 2.23 bits per heavy atom. The third-order valence-corrected chi connectivity index (χ3v) is 2.20. The van der Waals surface area contributed by atoms with Crippen molar-refractivity contribution in [3.8, 4) is 0 Å². The maximum Gasteiger partial charge on any atom is 0.109 e. The summed E-state index contributed by atoms with van der Waals surface area (Å²) < 4.78 is 6.48. The van der Waals surface area contributed by atoms with E-state index in [0.29, 0.717) is 0 Å². The lowest BCUT2D eigenvalue weighted by atomic mass is 10.1. The van der Waals surface area contributed by atoms with Crippen LogP contribution >= 0.6 is 0 Å². The van der Waals surface area contributed by atoms with Crippen molar-refractivity contribution in [2.24, 2.45) is 0 Å². The van der Waals surface area contributed by atoms with Gasteiger partial charge in [0, 0.05) is 6.42 Å². The molecule has 0 aromatic heterocycles. The Kier molecular flexibility index (Phi) is 5.14. The van der Waals surface area contributed by atoms with Crippen molar-refractivity contribution < 1.29 is 38.3 Å². The summed E-state index contributed by atoms with van der Waals surface area (Å²) in [5, 5.41) is 9.43. The van der Waals surface area contributed by atoms with Gasteiger partial charge in [-0.25, -0.2) is 0 Å². The molecule has 0 aromatic carbocycles. The number of halogens is 1. The average molecular weight is 301 g/mol. The molecule has 1 aliphatic rings. The number of aliphatic hydroxyl groups excluding tert-OH is 1. The molecule has 1 aliphatic heterocycles. The number of ether oxygens (including phenoxy) is 1. The van der Waals surface area contributed by atoms with Crippen molar-refractivity contribution in [1.82, 2.24) is 0 Å². The van der Waals surface area contributed by atoms with Gasteiger partial charge in [0.05, 0.1) is 33.4 Å². The summed E-state index contributed by atoms with van der Waals surface area (Å²) in [5.41, 5.74) is 0. The highest BCUT2D eigenvalue weighted by molar-refractivity contribution is 4.78. The van der Waals surface area contributed by atoms with Crippen molar-refractivity contribution in [3.63, 3.8) is 0 Å². The van der Waals surface area contributed by atoms with Crippen LogP contribution in [0, 0.1) is 0 Å². The van der Waals surface area contributed by atoms with Gasteiger partial charge in [-0.1, -0.05) is 0 Å². The molecule has 1 heterocycles. The monoisotopic (exact) mass is 301 g/mol. The normalized spacial score (nSPS) is 34.4. The number of hydrogen-bond acceptors (Lipinski definition) is 2. The molecule has 0 amide bonds. The quantitative estimate of drug-likeness (QED) is 0.442. The number of nitrogens with zero attached hydrogens (tertiary/aromatic N) is 1. The molecule has 0 aromatic rings. The third kappa shape index (κ3) is 4.58. The number of aliphatic hydroxyl groups is 1. The van der Waals surface area contributed by atoms with E-state index in [-0.39, 0.29) is 42.3 Å². The van der Waals surface area contributed by atoms with E-state index in [4.69, 9.17) is 4.74 Å². The SMILES string of the molecule is C[C@@H]1O[C@H](C[N+](C)(C)C)C[C@H]1O.[I-]. The second kappa shape index (κ2) is 4.91. The summed E-state index contributed by atoms with van der Waals surface area (Å²) in [6.07, 6.45) is 0.773. The van der Waals surface area contributed by atoms with Crippen LogP contribution in [0.3, 0.4) is 0 Å². The molecule has 4 heteroatoms. The van der Waals surface area contributed by atoms with E-state index >= 15 is 0 Å². The minimum absolute atomic E-state index is 0. The zero-order valence-corrected chi connectivity index (χ0v) is 11.0. The highest BCUT2D eigenvalue weighted by Gasteiger charge is 2.33. The Morgan fingerprint density at radius 2 is 1.92 bits per heavy atom. The lowest BCUT2D eigenvalue weighted by molar-refractivity contribution is -0.873. The lowest BCUT2D eigenvalue weighted by Gasteiger charge is -2.26. The molecule has 1 saturated heterocycles. The first-order valence-electron chi connectivity index (χ1n) is 4.52. The van der Waals surface area contributed by atoms with Gasteiger partial charge in [-0.2, -0.15) is 0 Å². The van der Waals surface area contributed by atoms with Crippen molar-refractivity contribution in [2.75, 3.05) is 27.7 Å². The fraction of sp³-hybridized carbons (Fsp3) is 1.00. The first kappa shape index (κ1) is 13.6. The summed E-state index contributed by atoms with van der Waals surface area (Å²) in [5.74, 6) is 0. The molecule has 0 bridgehead atoms. The van der Waals surface area contributed by atoms with Gasteiger partial charge in [-0.05, 0) is 6.92 Å². The van der Waals surface area contributed by atoms with Crippen molar-refractivity contribution in [1.29, 1.82) is 0 Å². The number of likely N-dealkylation sites (N-methyl/N-ethyl adjacent to an activating group) is 1. The van der Waals surface area contributed by atoms with Gasteiger partial charge >= 0.3 is 0 Å². The molecule has 1 rings (SSSR count). The van der Waals surface area contributed by atoms with Crippen LogP contribution in [0.5, 0.6) is 0 Å². The molecule has 0 radical (unpaired) electrons. The predicted octanol–water partition coefficient (Wildman–Crippen LogP) is -2.77. The lowest BCUT2D eigenvalue weighted by Crippen LogP contribution is -3.00. The van der Waals surface area contributed by atoms with E-state index in [9.17, 15) is 5.11 Å². The van der Waals surface area contributed by atoms with E-state index in [1.54, 1.807) is 0 Å². The van der Waals surface area contributed by atoms with E-state index < -0.39 is 0 Å². The van der Waals surface area contributed by atoms with Crippen LogP contribution in [-0.2, 0) is 4.74 Å². The highest BCUT2D eigenvalue weighted by atomic mass is 127. The van der Waals surface area contributed by atoms with Crippen LogP contribution in [-0.4, -0.2) is 55.6 Å². The Morgan fingerprint density at radius 1 is 1.38 bits per heavy atom. The maximum atomic E-state index is 9.43. The van der Waals surface area contributed by atoms with Gasteiger partial charge in [0.2, 0.25) is 0 Å². The molecule has 0 spiro atoms. The van der Waals surface area contributed by atoms with Gasteiger partial charge < -0.3 is 38.3 Å². The zero-order chi connectivity index (χ0) is 9.35. The molecule has 0 aliphatic carbocycles. The van der Waals surface area contributed by atoms with Gasteiger partial charge in [-0.15, -0.1) is 0 Å². The molecular formula is C9H20INO2. The van der Waals surface area contributed by atoms with Crippen molar-refractivity contribution in [3.05, 3.63) is 0 Å². The number of hydrogen-bond donors (Lipinski definition) is 1. The number of rotatable bonds is 2. The first-order valence-corrected chi connectivity index (χ1v) is 4.52. The molecule has 80 valence electrons. The predicted molar refractivity (Wildman–Crippen MR) is 47.9 cm³/mol. The minimum atomic E-state index is -0.262. The average Bonchev–Trinajstić information content (AvgIpc) is 2.07. The summed E-state index contributed by atoms with van der Waals surface area (Å²) in [6.45, 7) is 2.90. The molecule has 1 fully saturated rings. The van der Waals surface area contributed by atoms with Crippen LogP contribution in [0.1, 0.15) is 13.3 Å². The fourth-order valence-electron chi connectivity index (χ4n) is 1.64. The molecule has 1 N–H and O–H groups in total. The minimum Gasteiger partial charge on any atom is -1.00 e. The van der Waals surface area contributed by atoms with Crippen LogP contribution in [0.2, 0.25) is 0 Å². The standard InChI is InChI=1S/C9H20NO2.HI/c1-7-9(11)5-8(12-7)6-10(2,3)4;/h7-9,11H,5-6H2,1-4H3;1H/q+1;/p-1/t7-,8-,9+;/m0./s1. The molecule has 13 heavy (non-hydrogen) atoms. The van der Waals surface area contributed by atoms with Crippen LogP contribution in [0.4, 0.5) is 0 Å². The van der Waals surface area contributed by atoms with Crippen LogP contribution in [0.25, 0.3) is 0 Å². The Bertz CT molecular complexity index is 148. The summed E-state index contributed by atoms with van der Waals surface area (Å²) in [6, 6.07) is 0. The molecule has 3 nitrogen and oxygen atoms in total. The zero-order valence-electron chi connectivity index (χ0n) is 8.83. The van der Waals surface area contributed by atoms with Gasteiger partial charge in [0.15, 0.2) is 0 Å². The largest absolute Gasteiger partial charge is 1.00 e. The summed E-state index contributed by atoms with van der Waals surface area (Å²) in [7, 11) is 6.41. The fourth-order valence-corrected chi connectivity index (χ4v) is 1.64. The van der Waals surface area contributed by atoms with E-state index in [1.807, 2.05) is 6.92 Å². The van der Waals surface area contributed by atoms with Crippen molar-refractivity contribution in [2.45, 2.75) is 31.7 Å². The smallest absolute Gasteiger partial charge is 0.109 e. The van der Waals surface area contributed by atoms with Crippen LogP contribution in [0.15, 0.2) is 0 Å². The van der Waals surface area contributed by atoms with Crippen LogP contribution < -0.4 is 24.0 Å². The molecule has 0 unspecified atom stereocenters. The summed E-state index contributed by atoms with van der Waals surface area (Å²) in [4.78, 5) is 0. The topological polar surface area (TPSA) is 29.5 Å². The van der Waals surface area contributed by atoms with E-state index in [2.05, 4.69) is 21.1 Å².